The molecule has 1 aromatic heterocycles. The number of nitrogens with one attached hydrogen (secondary N) is 2. The van der Waals surface area contributed by atoms with Crippen molar-refractivity contribution in [3.8, 4) is 0 Å². The predicted molar refractivity (Wildman–Crippen MR) is 98.2 cm³/mol. The van der Waals surface area contributed by atoms with Crippen molar-refractivity contribution < 1.29 is 19.5 Å². The lowest BCUT2D eigenvalue weighted by molar-refractivity contribution is -0.124. The zero-order valence-electron chi connectivity index (χ0n) is 14.8. The van der Waals surface area contributed by atoms with Crippen molar-refractivity contribution in [3.05, 3.63) is 51.5 Å². The Labute approximate surface area is 155 Å². The van der Waals surface area contributed by atoms with Gasteiger partial charge in [0.05, 0.1) is 6.54 Å². The quantitative estimate of drug-likeness (QED) is 0.688. The van der Waals surface area contributed by atoms with Crippen LogP contribution in [0.3, 0.4) is 0 Å². The van der Waals surface area contributed by atoms with Gasteiger partial charge >= 0.3 is 5.97 Å². The van der Waals surface area contributed by atoms with Gasteiger partial charge in [-0.3, -0.25) is 9.59 Å². The fraction of sp³-hybridized carbons (Fsp3) is 0.333. The molecule has 0 spiro atoms. The van der Waals surface area contributed by atoms with Crippen LogP contribution in [0.15, 0.2) is 29.6 Å². The summed E-state index contributed by atoms with van der Waals surface area (Å²) in [6.07, 6.45) is 0. The van der Waals surface area contributed by atoms with Gasteiger partial charge in [-0.2, -0.15) is 0 Å². The van der Waals surface area contributed by atoms with Gasteiger partial charge in [0.15, 0.2) is 5.69 Å². The molecule has 2 aromatic rings. The van der Waals surface area contributed by atoms with Crippen LogP contribution in [0.5, 0.6) is 0 Å². The smallest absolute Gasteiger partial charge is 0.355 e. The molecular weight excluding hydrogens is 354 g/mol. The SMILES string of the molecule is Cc1ccc(C(=O)NC(C(=O)NCc2nc(C(=O)O)cs2)C(C)C)cc1. The maximum Gasteiger partial charge on any atom is 0.355 e. The van der Waals surface area contributed by atoms with E-state index in [1.807, 2.05) is 32.9 Å². The second-order valence-electron chi connectivity index (χ2n) is 6.21. The first-order valence-corrected chi connectivity index (χ1v) is 8.99. The second-order valence-corrected chi connectivity index (χ2v) is 7.15. The fourth-order valence-corrected chi connectivity index (χ4v) is 2.94. The monoisotopic (exact) mass is 375 g/mol. The molecule has 0 fully saturated rings. The zero-order chi connectivity index (χ0) is 19.3. The summed E-state index contributed by atoms with van der Waals surface area (Å²) >= 11 is 1.16. The third-order valence-corrected chi connectivity index (χ3v) is 4.58. The van der Waals surface area contributed by atoms with Crippen LogP contribution >= 0.6 is 11.3 Å². The number of thiazole rings is 1. The third kappa shape index (κ3) is 5.13. The van der Waals surface area contributed by atoms with E-state index in [0.717, 1.165) is 16.9 Å². The van der Waals surface area contributed by atoms with Crippen molar-refractivity contribution >= 4 is 29.1 Å². The number of hydrogen-bond donors (Lipinski definition) is 3. The summed E-state index contributed by atoms with van der Waals surface area (Å²) in [5.41, 5.74) is 1.48. The number of aromatic nitrogens is 1. The average molecular weight is 375 g/mol. The number of benzene rings is 1. The first kappa shape index (κ1) is 19.6. The zero-order valence-corrected chi connectivity index (χ0v) is 15.6. The van der Waals surface area contributed by atoms with Gasteiger partial charge in [-0.15, -0.1) is 11.3 Å². The van der Waals surface area contributed by atoms with Gasteiger partial charge in [0.2, 0.25) is 5.91 Å². The molecule has 0 saturated heterocycles. The molecule has 1 aromatic carbocycles. The Morgan fingerprint density at radius 3 is 2.38 bits per heavy atom. The standard InChI is InChI=1S/C18H21N3O4S/c1-10(2)15(21-16(22)12-6-4-11(3)5-7-12)17(23)19-8-14-20-13(9-26-14)18(24)25/h4-7,9-10,15H,8H2,1-3H3,(H,19,23)(H,21,22)(H,24,25). The molecule has 138 valence electrons. The van der Waals surface area contributed by atoms with Gasteiger partial charge in [-0.05, 0) is 25.0 Å². The molecule has 26 heavy (non-hydrogen) atoms. The summed E-state index contributed by atoms with van der Waals surface area (Å²) in [5.74, 6) is -1.88. The summed E-state index contributed by atoms with van der Waals surface area (Å²) in [4.78, 5) is 39.6. The first-order chi connectivity index (χ1) is 12.3. The van der Waals surface area contributed by atoms with Crippen LogP contribution < -0.4 is 10.6 Å². The number of amides is 2. The molecule has 0 radical (unpaired) electrons. The number of rotatable bonds is 7. The highest BCUT2D eigenvalue weighted by Gasteiger charge is 2.24. The van der Waals surface area contributed by atoms with Crippen molar-refractivity contribution in [2.75, 3.05) is 0 Å². The van der Waals surface area contributed by atoms with E-state index in [4.69, 9.17) is 5.11 Å². The molecule has 1 atom stereocenters. The van der Waals surface area contributed by atoms with Crippen LogP contribution in [-0.4, -0.2) is 33.9 Å². The number of aryl methyl sites for hydroxylation is 1. The van der Waals surface area contributed by atoms with Gasteiger partial charge in [-0.1, -0.05) is 31.5 Å². The minimum Gasteiger partial charge on any atom is -0.476 e. The van der Waals surface area contributed by atoms with Crippen LogP contribution in [0.1, 0.15) is 45.3 Å². The molecule has 3 N–H and O–H groups in total. The highest BCUT2D eigenvalue weighted by atomic mass is 32.1. The number of aromatic carboxylic acids is 1. The largest absolute Gasteiger partial charge is 0.476 e. The Kier molecular flexibility index (Phi) is 6.46. The van der Waals surface area contributed by atoms with Crippen molar-refractivity contribution in [1.82, 2.24) is 15.6 Å². The fourth-order valence-electron chi connectivity index (χ4n) is 2.23. The molecule has 1 unspecified atom stereocenters. The number of nitrogens with zero attached hydrogens (tertiary/aromatic N) is 1. The van der Waals surface area contributed by atoms with Crippen LogP contribution in [0.4, 0.5) is 0 Å². The van der Waals surface area contributed by atoms with Gasteiger partial charge in [-0.25, -0.2) is 9.78 Å². The van der Waals surface area contributed by atoms with Crippen LogP contribution in [-0.2, 0) is 11.3 Å². The van der Waals surface area contributed by atoms with E-state index < -0.39 is 12.0 Å². The van der Waals surface area contributed by atoms with E-state index in [-0.39, 0.29) is 30.0 Å². The lowest BCUT2D eigenvalue weighted by Gasteiger charge is -2.21. The summed E-state index contributed by atoms with van der Waals surface area (Å²) in [7, 11) is 0. The highest BCUT2D eigenvalue weighted by molar-refractivity contribution is 7.09. The number of carbonyl (C=O) groups is 3. The molecule has 8 heteroatoms. The van der Waals surface area contributed by atoms with E-state index in [9.17, 15) is 14.4 Å². The Morgan fingerprint density at radius 2 is 1.85 bits per heavy atom. The summed E-state index contributed by atoms with van der Waals surface area (Å²) < 4.78 is 0. The van der Waals surface area contributed by atoms with E-state index in [0.29, 0.717) is 10.6 Å². The molecular formula is C18H21N3O4S. The number of hydrogen-bond acceptors (Lipinski definition) is 5. The van der Waals surface area contributed by atoms with Crippen LogP contribution in [0.25, 0.3) is 0 Å². The molecule has 0 aliphatic rings. The molecule has 2 rings (SSSR count). The van der Waals surface area contributed by atoms with E-state index >= 15 is 0 Å². The number of carbonyl (C=O) groups excluding carboxylic acids is 2. The van der Waals surface area contributed by atoms with E-state index in [1.54, 1.807) is 12.1 Å². The molecule has 0 saturated carbocycles. The average Bonchev–Trinajstić information content (AvgIpc) is 3.07. The highest BCUT2D eigenvalue weighted by Crippen LogP contribution is 2.11. The number of carboxylic acid groups (broad SMARTS) is 1. The minimum absolute atomic E-state index is 0.0488. The lowest BCUT2D eigenvalue weighted by Crippen LogP contribution is -2.49. The topological polar surface area (TPSA) is 108 Å². The van der Waals surface area contributed by atoms with Crippen molar-refractivity contribution in [2.45, 2.75) is 33.4 Å². The van der Waals surface area contributed by atoms with Gasteiger partial charge < -0.3 is 15.7 Å². The normalized spacial score (nSPS) is 11.8. The molecule has 1 heterocycles. The molecule has 2 amide bonds. The van der Waals surface area contributed by atoms with E-state index in [1.165, 1.54) is 5.38 Å². The first-order valence-electron chi connectivity index (χ1n) is 8.11. The van der Waals surface area contributed by atoms with Crippen molar-refractivity contribution in [3.63, 3.8) is 0 Å². The van der Waals surface area contributed by atoms with Crippen LogP contribution in [0.2, 0.25) is 0 Å². The van der Waals surface area contributed by atoms with Gasteiger partial charge in [0.1, 0.15) is 11.0 Å². The number of carboxylic acids is 1. The maximum absolute atomic E-state index is 12.5. The van der Waals surface area contributed by atoms with E-state index in [2.05, 4.69) is 15.6 Å². The summed E-state index contributed by atoms with van der Waals surface area (Å²) in [5, 5.41) is 16.2. The second kappa shape index (κ2) is 8.57. The van der Waals surface area contributed by atoms with Crippen molar-refractivity contribution in [1.29, 1.82) is 0 Å². The third-order valence-electron chi connectivity index (χ3n) is 3.73. The maximum atomic E-state index is 12.5. The molecule has 0 aliphatic carbocycles. The molecule has 0 aliphatic heterocycles. The predicted octanol–water partition coefficient (Wildman–Crippen LogP) is 2.22. The van der Waals surface area contributed by atoms with Gasteiger partial charge in [0.25, 0.3) is 5.91 Å². The minimum atomic E-state index is -1.11. The molecule has 0 bridgehead atoms. The van der Waals surface area contributed by atoms with Gasteiger partial charge in [0, 0.05) is 10.9 Å². The Balaban J connectivity index is 1.98. The lowest BCUT2D eigenvalue weighted by atomic mass is 10.0. The Bertz CT molecular complexity index is 799. The Hall–Kier alpha value is -2.74. The van der Waals surface area contributed by atoms with Crippen molar-refractivity contribution in [2.24, 2.45) is 5.92 Å². The van der Waals surface area contributed by atoms with Crippen LogP contribution in [0, 0.1) is 12.8 Å². The summed E-state index contributed by atoms with van der Waals surface area (Å²) in [6, 6.07) is 6.39. The summed E-state index contributed by atoms with van der Waals surface area (Å²) in [6.45, 7) is 5.72. The Morgan fingerprint density at radius 1 is 1.19 bits per heavy atom. The molecule has 7 nitrogen and oxygen atoms in total.